The number of halogens is 3. The number of nitrogens with two attached hydrogens (primary N) is 1. The van der Waals surface area contributed by atoms with Gasteiger partial charge in [-0.2, -0.15) is 0 Å². The number of nitrogens with one attached hydrogen (secondary N) is 1. The molecule has 2 aromatic carbocycles. The first kappa shape index (κ1) is 19.5. The van der Waals surface area contributed by atoms with Crippen LogP contribution in [0.1, 0.15) is 45.1 Å². The van der Waals surface area contributed by atoms with Gasteiger partial charge in [0, 0.05) is 11.5 Å². The molecule has 0 saturated heterocycles. The second kappa shape index (κ2) is 7.39. The van der Waals surface area contributed by atoms with Crippen molar-refractivity contribution in [3.63, 3.8) is 0 Å². The molecule has 1 aromatic heterocycles. The fourth-order valence-electron chi connectivity index (χ4n) is 4.01. The summed E-state index contributed by atoms with van der Waals surface area (Å²) in [4.78, 5) is 3.09. The summed E-state index contributed by atoms with van der Waals surface area (Å²) in [5.41, 5.74) is 8.56. The minimum Gasteiger partial charge on any atom is -0.352 e. The Labute approximate surface area is 157 Å². The topological polar surface area (TPSA) is 41.8 Å². The van der Waals surface area contributed by atoms with Crippen molar-refractivity contribution >= 4 is 10.9 Å². The minimum atomic E-state index is -0.620. The fraction of sp³-hybridized carbons (Fsp3) is 0.364. The lowest BCUT2D eigenvalue weighted by Crippen LogP contribution is -2.39. The Morgan fingerprint density at radius 2 is 1.67 bits per heavy atom. The van der Waals surface area contributed by atoms with Gasteiger partial charge >= 0.3 is 0 Å². The summed E-state index contributed by atoms with van der Waals surface area (Å²) in [5.74, 6) is -1.39. The van der Waals surface area contributed by atoms with Crippen LogP contribution in [0.4, 0.5) is 13.2 Å². The molecule has 3 aromatic rings. The first-order chi connectivity index (χ1) is 12.9. The molecule has 3 N–H and O–H groups in total. The molecule has 0 bridgehead atoms. The third kappa shape index (κ3) is 3.48. The van der Waals surface area contributed by atoms with Gasteiger partial charge in [0.2, 0.25) is 0 Å². The standard InChI is InChI=1S/C20H19F3N2.C2H6/c1-20(10-24)8-12(9-20)17-15-6-14(22)7-16(23)19(15)25-18(17)11-2-4-13(21)5-3-11;1-2/h2-7,12,25H,8-10,24H2,1H3;1-2H3. The summed E-state index contributed by atoms with van der Waals surface area (Å²) in [6.45, 7) is 6.71. The average Bonchev–Trinajstić information content (AvgIpc) is 3.00. The molecule has 1 fully saturated rings. The molecule has 1 aliphatic rings. The van der Waals surface area contributed by atoms with Crippen LogP contribution in [0.3, 0.4) is 0 Å². The van der Waals surface area contributed by atoms with Gasteiger partial charge in [-0.15, -0.1) is 0 Å². The molecular formula is C22H25F3N2. The molecule has 0 amide bonds. The van der Waals surface area contributed by atoms with E-state index < -0.39 is 11.6 Å². The molecule has 144 valence electrons. The lowest BCUT2D eigenvalue weighted by Gasteiger charge is -2.45. The Morgan fingerprint density at radius 1 is 1.04 bits per heavy atom. The van der Waals surface area contributed by atoms with E-state index in [9.17, 15) is 13.2 Å². The van der Waals surface area contributed by atoms with Crippen LogP contribution in [0, 0.1) is 22.9 Å². The first-order valence-corrected chi connectivity index (χ1v) is 9.37. The molecule has 1 saturated carbocycles. The summed E-state index contributed by atoms with van der Waals surface area (Å²) in [5, 5.41) is 0.556. The van der Waals surface area contributed by atoms with Crippen molar-refractivity contribution in [2.24, 2.45) is 11.1 Å². The molecule has 2 nitrogen and oxygen atoms in total. The van der Waals surface area contributed by atoms with Gasteiger partial charge < -0.3 is 10.7 Å². The van der Waals surface area contributed by atoms with Crippen LogP contribution in [0.5, 0.6) is 0 Å². The van der Waals surface area contributed by atoms with Gasteiger partial charge in [-0.25, -0.2) is 13.2 Å². The van der Waals surface area contributed by atoms with E-state index in [2.05, 4.69) is 11.9 Å². The first-order valence-electron chi connectivity index (χ1n) is 9.37. The highest BCUT2D eigenvalue weighted by Crippen LogP contribution is 2.54. The Balaban J connectivity index is 0.00000102. The van der Waals surface area contributed by atoms with E-state index in [-0.39, 0.29) is 22.7 Å². The quantitative estimate of drug-likeness (QED) is 0.570. The molecule has 1 heterocycles. The van der Waals surface area contributed by atoms with Crippen molar-refractivity contribution in [2.45, 2.75) is 39.5 Å². The number of fused-ring (bicyclic) bond motifs is 1. The zero-order valence-corrected chi connectivity index (χ0v) is 15.9. The SMILES string of the molecule is CC.CC1(CN)CC(c2c(-c3ccc(F)cc3)[nH]c3c(F)cc(F)cc23)C1. The second-order valence-corrected chi connectivity index (χ2v) is 7.35. The zero-order chi connectivity index (χ0) is 19.8. The molecular weight excluding hydrogens is 349 g/mol. The second-order valence-electron chi connectivity index (χ2n) is 7.35. The highest BCUT2D eigenvalue weighted by molar-refractivity contribution is 5.92. The zero-order valence-electron chi connectivity index (χ0n) is 15.9. The smallest absolute Gasteiger partial charge is 0.150 e. The molecule has 5 heteroatoms. The van der Waals surface area contributed by atoms with Gasteiger partial charge in [0.05, 0.1) is 11.2 Å². The number of hydrogen-bond donors (Lipinski definition) is 2. The Kier molecular flexibility index (Phi) is 5.33. The molecule has 0 spiro atoms. The molecule has 0 radical (unpaired) electrons. The van der Waals surface area contributed by atoms with Gasteiger partial charge in [0.15, 0.2) is 0 Å². The Morgan fingerprint density at radius 3 is 2.26 bits per heavy atom. The maximum atomic E-state index is 14.3. The van der Waals surface area contributed by atoms with Crippen molar-refractivity contribution in [1.82, 2.24) is 4.98 Å². The van der Waals surface area contributed by atoms with Gasteiger partial charge in [-0.1, -0.05) is 20.8 Å². The molecule has 0 aliphatic heterocycles. The van der Waals surface area contributed by atoms with E-state index in [1.165, 1.54) is 18.2 Å². The lowest BCUT2D eigenvalue weighted by molar-refractivity contribution is 0.138. The van der Waals surface area contributed by atoms with Crippen molar-refractivity contribution in [3.05, 3.63) is 59.4 Å². The van der Waals surface area contributed by atoms with Crippen molar-refractivity contribution in [2.75, 3.05) is 6.54 Å². The number of aromatic amines is 1. The van der Waals surface area contributed by atoms with Gasteiger partial charge in [0.1, 0.15) is 17.5 Å². The Bertz CT molecular complexity index is 938. The monoisotopic (exact) mass is 374 g/mol. The van der Waals surface area contributed by atoms with Crippen LogP contribution in [-0.4, -0.2) is 11.5 Å². The van der Waals surface area contributed by atoms with Crippen LogP contribution in [0.15, 0.2) is 36.4 Å². The summed E-state index contributed by atoms with van der Waals surface area (Å²) >= 11 is 0. The summed E-state index contributed by atoms with van der Waals surface area (Å²) < 4.78 is 41.4. The van der Waals surface area contributed by atoms with Crippen molar-refractivity contribution in [3.8, 4) is 11.3 Å². The number of hydrogen-bond acceptors (Lipinski definition) is 1. The maximum Gasteiger partial charge on any atom is 0.150 e. The van der Waals surface area contributed by atoms with Crippen LogP contribution in [0.25, 0.3) is 22.2 Å². The predicted molar refractivity (Wildman–Crippen MR) is 104 cm³/mol. The fourth-order valence-corrected chi connectivity index (χ4v) is 4.01. The van der Waals surface area contributed by atoms with E-state index >= 15 is 0 Å². The van der Waals surface area contributed by atoms with Crippen LogP contribution in [0.2, 0.25) is 0 Å². The van der Waals surface area contributed by atoms with Gasteiger partial charge in [-0.05, 0) is 72.2 Å². The highest BCUT2D eigenvalue weighted by Gasteiger charge is 2.42. The van der Waals surface area contributed by atoms with Gasteiger partial charge in [-0.3, -0.25) is 0 Å². The van der Waals surface area contributed by atoms with E-state index in [1.807, 2.05) is 13.8 Å². The van der Waals surface area contributed by atoms with Crippen LogP contribution < -0.4 is 5.73 Å². The molecule has 0 unspecified atom stereocenters. The lowest BCUT2D eigenvalue weighted by atomic mass is 9.60. The van der Waals surface area contributed by atoms with Gasteiger partial charge in [0.25, 0.3) is 0 Å². The molecule has 1 aliphatic carbocycles. The number of H-pyrrole nitrogens is 1. The minimum absolute atomic E-state index is 0.0557. The third-order valence-electron chi connectivity index (χ3n) is 5.38. The number of rotatable bonds is 3. The molecule has 0 atom stereocenters. The van der Waals surface area contributed by atoms with Crippen molar-refractivity contribution in [1.29, 1.82) is 0 Å². The molecule has 4 rings (SSSR count). The van der Waals surface area contributed by atoms with Crippen molar-refractivity contribution < 1.29 is 13.2 Å². The number of aromatic nitrogens is 1. The highest BCUT2D eigenvalue weighted by atomic mass is 19.1. The normalized spacial score (nSPS) is 21.5. The summed E-state index contributed by atoms with van der Waals surface area (Å²) in [6, 6.07) is 8.28. The largest absolute Gasteiger partial charge is 0.352 e. The van der Waals surface area contributed by atoms with Crippen LogP contribution >= 0.6 is 0 Å². The third-order valence-corrected chi connectivity index (χ3v) is 5.38. The maximum absolute atomic E-state index is 14.3. The van der Waals surface area contributed by atoms with Crippen LogP contribution in [-0.2, 0) is 0 Å². The average molecular weight is 374 g/mol. The summed E-state index contributed by atoms with van der Waals surface area (Å²) in [6.07, 6.45) is 1.73. The van der Waals surface area contributed by atoms with E-state index in [1.54, 1.807) is 12.1 Å². The number of benzene rings is 2. The van der Waals surface area contributed by atoms with E-state index in [4.69, 9.17) is 5.73 Å². The van der Waals surface area contributed by atoms with E-state index in [0.29, 0.717) is 11.9 Å². The summed E-state index contributed by atoms with van der Waals surface area (Å²) in [7, 11) is 0. The molecule has 27 heavy (non-hydrogen) atoms. The van der Waals surface area contributed by atoms with E-state index in [0.717, 1.165) is 35.7 Å². The predicted octanol–water partition coefficient (Wildman–Crippen LogP) is 6.12. The Hall–Kier alpha value is -2.27.